The van der Waals surface area contributed by atoms with Crippen molar-refractivity contribution in [2.45, 2.75) is 10.7 Å². The zero-order valence-corrected chi connectivity index (χ0v) is 13.7. The Labute approximate surface area is 142 Å². The third-order valence-electron chi connectivity index (χ3n) is 3.28. The number of anilines is 2. The standard InChI is InChI=1S/C15H15F2N3O4S/c16-15(17)25(23,24)14-7-3-12(4-8-14)19-10-9-18-11-1-5-13(6-2-11)20(21)22/h1-8,15,18-19H,9-10H2. The number of halogens is 2. The molecule has 2 rings (SSSR count). The SMILES string of the molecule is O=[N+]([O-])c1ccc(NCCNc2ccc(S(=O)(=O)C(F)F)cc2)cc1. The Bertz CT molecular complexity index is 825. The molecule has 0 atom stereocenters. The van der Waals surface area contributed by atoms with Crippen LogP contribution in [0.4, 0.5) is 25.8 Å². The van der Waals surface area contributed by atoms with Gasteiger partial charge in [-0.2, -0.15) is 8.78 Å². The summed E-state index contributed by atoms with van der Waals surface area (Å²) in [5, 5.41) is 16.6. The summed E-state index contributed by atoms with van der Waals surface area (Å²) in [5.41, 5.74) is 1.30. The molecule has 2 aromatic rings. The lowest BCUT2D eigenvalue weighted by Crippen LogP contribution is -2.14. The molecule has 7 nitrogen and oxygen atoms in total. The van der Waals surface area contributed by atoms with Crippen molar-refractivity contribution in [3.8, 4) is 0 Å². The number of rotatable bonds is 8. The van der Waals surface area contributed by atoms with E-state index in [4.69, 9.17) is 0 Å². The minimum absolute atomic E-state index is 0.00233. The van der Waals surface area contributed by atoms with Gasteiger partial charge in [-0.15, -0.1) is 0 Å². The first-order chi connectivity index (χ1) is 11.8. The van der Waals surface area contributed by atoms with Gasteiger partial charge in [-0.25, -0.2) is 8.42 Å². The average Bonchev–Trinajstić information content (AvgIpc) is 2.59. The molecule has 0 heterocycles. The predicted molar refractivity (Wildman–Crippen MR) is 89.7 cm³/mol. The number of hydrogen-bond acceptors (Lipinski definition) is 6. The number of nitrogens with one attached hydrogen (secondary N) is 2. The normalized spacial score (nSPS) is 11.3. The van der Waals surface area contributed by atoms with Crippen LogP contribution in [0.3, 0.4) is 0 Å². The van der Waals surface area contributed by atoms with Crippen LogP contribution in [0, 0.1) is 10.1 Å². The molecule has 0 aromatic heterocycles. The number of nitrogens with zero attached hydrogens (tertiary/aromatic N) is 1. The van der Waals surface area contributed by atoms with E-state index in [0.29, 0.717) is 24.5 Å². The van der Waals surface area contributed by atoms with Crippen LogP contribution in [0.1, 0.15) is 0 Å². The van der Waals surface area contributed by atoms with Crippen LogP contribution in [0.25, 0.3) is 0 Å². The summed E-state index contributed by atoms with van der Waals surface area (Å²) in [7, 11) is -4.59. The molecule has 0 amide bonds. The van der Waals surface area contributed by atoms with E-state index in [1.807, 2.05) is 0 Å². The van der Waals surface area contributed by atoms with Crippen molar-refractivity contribution in [3.05, 3.63) is 58.6 Å². The predicted octanol–water partition coefficient (Wildman–Crippen LogP) is 3.12. The van der Waals surface area contributed by atoms with Crippen molar-refractivity contribution in [1.29, 1.82) is 0 Å². The number of hydrogen-bond donors (Lipinski definition) is 2. The summed E-state index contributed by atoms with van der Waals surface area (Å²) in [6, 6.07) is 11.0. The molecule has 0 aliphatic heterocycles. The topological polar surface area (TPSA) is 101 Å². The van der Waals surface area contributed by atoms with E-state index in [1.165, 1.54) is 24.3 Å². The maximum Gasteiger partial charge on any atom is 0.341 e. The van der Waals surface area contributed by atoms with Crippen LogP contribution in [0.5, 0.6) is 0 Å². The molecule has 10 heteroatoms. The van der Waals surface area contributed by atoms with Crippen molar-refractivity contribution in [2.75, 3.05) is 23.7 Å². The molecule has 2 N–H and O–H groups in total. The van der Waals surface area contributed by atoms with Gasteiger partial charge in [0, 0.05) is 36.6 Å². The fourth-order valence-electron chi connectivity index (χ4n) is 1.98. The van der Waals surface area contributed by atoms with E-state index in [9.17, 15) is 27.3 Å². The summed E-state index contributed by atoms with van der Waals surface area (Å²) in [5.74, 6) is -3.45. The molecule has 0 fully saturated rings. The first kappa shape index (κ1) is 18.6. The molecule has 2 aromatic carbocycles. The smallest absolute Gasteiger partial charge is 0.341 e. The maximum absolute atomic E-state index is 12.4. The van der Waals surface area contributed by atoms with Gasteiger partial charge in [0.15, 0.2) is 0 Å². The molecule has 0 aliphatic rings. The minimum Gasteiger partial charge on any atom is -0.383 e. The van der Waals surface area contributed by atoms with Gasteiger partial charge in [0.05, 0.1) is 9.82 Å². The Morgan fingerprint density at radius 3 is 1.76 bits per heavy atom. The van der Waals surface area contributed by atoms with Gasteiger partial charge in [-0.3, -0.25) is 10.1 Å². The Balaban J connectivity index is 1.83. The van der Waals surface area contributed by atoms with Crippen LogP contribution in [0.15, 0.2) is 53.4 Å². The molecule has 25 heavy (non-hydrogen) atoms. The van der Waals surface area contributed by atoms with E-state index in [-0.39, 0.29) is 5.69 Å². The van der Waals surface area contributed by atoms with Crippen molar-refractivity contribution >= 4 is 26.9 Å². The number of nitro benzene ring substituents is 1. The summed E-state index contributed by atoms with van der Waals surface area (Å²) in [4.78, 5) is 9.63. The van der Waals surface area contributed by atoms with Gasteiger partial charge in [-0.05, 0) is 36.4 Å². The van der Waals surface area contributed by atoms with Crippen molar-refractivity contribution in [1.82, 2.24) is 0 Å². The summed E-state index contributed by atoms with van der Waals surface area (Å²) < 4.78 is 47.5. The molecular formula is C15H15F2N3O4S. The first-order valence-corrected chi connectivity index (χ1v) is 8.69. The van der Waals surface area contributed by atoms with Crippen LogP contribution in [-0.4, -0.2) is 32.2 Å². The second kappa shape index (κ2) is 7.88. The van der Waals surface area contributed by atoms with Gasteiger partial charge in [0.2, 0.25) is 9.84 Å². The highest BCUT2D eigenvalue weighted by atomic mass is 32.2. The number of benzene rings is 2. The van der Waals surface area contributed by atoms with Crippen molar-refractivity contribution in [2.24, 2.45) is 0 Å². The molecule has 0 saturated heterocycles. The third kappa shape index (κ3) is 4.86. The fraction of sp³-hybridized carbons (Fsp3) is 0.200. The maximum atomic E-state index is 12.4. The Morgan fingerprint density at radius 2 is 1.36 bits per heavy atom. The second-order valence-electron chi connectivity index (χ2n) is 4.99. The highest BCUT2D eigenvalue weighted by Crippen LogP contribution is 2.20. The van der Waals surface area contributed by atoms with E-state index < -0.39 is 25.4 Å². The zero-order chi connectivity index (χ0) is 18.4. The monoisotopic (exact) mass is 371 g/mol. The van der Waals surface area contributed by atoms with Crippen LogP contribution >= 0.6 is 0 Å². The third-order valence-corrected chi connectivity index (χ3v) is 4.68. The number of alkyl halides is 2. The molecular weight excluding hydrogens is 356 g/mol. The summed E-state index contributed by atoms with van der Waals surface area (Å²) in [6.45, 7) is 0.965. The van der Waals surface area contributed by atoms with Crippen molar-refractivity contribution < 1.29 is 22.1 Å². The molecule has 0 unspecified atom stereocenters. The van der Waals surface area contributed by atoms with Gasteiger partial charge < -0.3 is 10.6 Å². The van der Waals surface area contributed by atoms with Gasteiger partial charge in [-0.1, -0.05) is 0 Å². The lowest BCUT2D eigenvalue weighted by Gasteiger charge is -2.09. The van der Waals surface area contributed by atoms with Crippen LogP contribution in [0.2, 0.25) is 0 Å². The van der Waals surface area contributed by atoms with Gasteiger partial charge in [0.25, 0.3) is 5.69 Å². The first-order valence-electron chi connectivity index (χ1n) is 7.15. The van der Waals surface area contributed by atoms with Crippen molar-refractivity contribution in [3.63, 3.8) is 0 Å². The molecule has 134 valence electrons. The molecule has 0 aliphatic carbocycles. The Hall–Kier alpha value is -2.75. The van der Waals surface area contributed by atoms with E-state index in [2.05, 4.69) is 10.6 Å². The number of non-ortho nitro benzene ring substituents is 1. The molecule has 0 radical (unpaired) electrons. The highest BCUT2D eigenvalue weighted by molar-refractivity contribution is 7.91. The summed E-state index contributed by atoms with van der Waals surface area (Å²) >= 11 is 0. The Morgan fingerprint density at radius 1 is 0.920 bits per heavy atom. The average molecular weight is 371 g/mol. The van der Waals surface area contributed by atoms with E-state index in [1.54, 1.807) is 12.1 Å². The van der Waals surface area contributed by atoms with Crippen LogP contribution < -0.4 is 10.6 Å². The van der Waals surface area contributed by atoms with Gasteiger partial charge >= 0.3 is 5.76 Å². The summed E-state index contributed by atoms with van der Waals surface area (Å²) in [6.07, 6.45) is 0. The Kier molecular flexibility index (Phi) is 5.86. The molecule has 0 bridgehead atoms. The molecule has 0 spiro atoms. The lowest BCUT2D eigenvalue weighted by molar-refractivity contribution is -0.384. The van der Waals surface area contributed by atoms with Gasteiger partial charge in [0.1, 0.15) is 0 Å². The lowest BCUT2D eigenvalue weighted by atomic mass is 10.3. The zero-order valence-electron chi connectivity index (χ0n) is 12.9. The van der Waals surface area contributed by atoms with E-state index in [0.717, 1.165) is 12.1 Å². The fourth-order valence-corrected chi connectivity index (χ4v) is 2.70. The molecule has 0 saturated carbocycles. The van der Waals surface area contributed by atoms with E-state index >= 15 is 0 Å². The largest absolute Gasteiger partial charge is 0.383 e. The minimum atomic E-state index is -4.59. The number of sulfone groups is 1. The van der Waals surface area contributed by atoms with Crippen LogP contribution in [-0.2, 0) is 9.84 Å². The highest BCUT2D eigenvalue weighted by Gasteiger charge is 2.26. The second-order valence-corrected chi connectivity index (χ2v) is 6.91. The quantitative estimate of drug-likeness (QED) is 0.420. The number of nitro groups is 1.